The number of hydrogen-bond acceptors (Lipinski definition) is 4. The van der Waals surface area contributed by atoms with Crippen LogP contribution >= 0.6 is 0 Å². The van der Waals surface area contributed by atoms with E-state index >= 15 is 0 Å². The third-order valence-electron chi connectivity index (χ3n) is 4.02. The van der Waals surface area contributed by atoms with Crippen molar-refractivity contribution in [3.8, 4) is 0 Å². The van der Waals surface area contributed by atoms with E-state index in [1.165, 1.54) is 0 Å². The summed E-state index contributed by atoms with van der Waals surface area (Å²) in [5.74, 6) is 0.0621. The van der Waals surface area contributed by atoms with Crippen molar-refractivity contribution in [1.82, 2.24) is 4.90 Å². The average molecular weight is 277 g/mol. The SMILES string of the molecule is CC(C)C1(O)CN(C(=O)c2cc(N)ccc2N(C)C)C1. The summed E-state index contributed by atoms with van der Waals surface area (Å²) in [7, 11) is 3.78. The molecular formula is C15H23N3O2. The molecule has 1 saturated heterocycles. The average Bonchev–Trinajstić information content (AvgIpc) is 2.33. The Morgan fingerprint density at radius 2 is 2.00 bits per heavy atom. The van der Waals surface area contributed by atoms with Crippen molar-refractivity contribution in [2.75, 3.05) is 37.8 Å². The summed E-state index contributed by atoms with van der Waals surface area (Å²) in [4.78, 5) is 16.1. The lowest BCUT2D eigenvalue weighted by Gasteiger charge is -2.49. The van der Waals surface area contributed by atoms with E-state index in [2.05, 4.69) is 0 Å². The number of β-amino-alcohol motifs (C(OH)–C–C–N with tert-alkyl or cyclic N) is 1. The molecule has 1 fully saturated rings. The normalized spacial score (nSPS) is 17.0. The maximum atomic E-state index is 12.5. The monoisotopic (exact) mass is 277 g/mol. The second kappa shape index (κ2) is 4.98. The van der Waals surface area contributed by atoms with Crippen LogP contribution in [0.25, 0.3) is 0 Å². The van der Waals surface area contributed by atoms with Gasteiger partial charge in [0.05, 0.1) is 18.7 Å². The van der Waals surface area contributed by atoms with E-state index in [0.717, 1.165) is 5.69 Å². The van der Waals surface area contributed by atoms with Crippen LogP contribution in [0.2, 0.25) is 0 Å². The maximum Gasteiger partial charge on any atom is 0.256 e. The Balaban J connectivity index is 2.21. The van der Waals surface area contributed by atoms with Crippen LogP contribution in [0, 0.1) is 5.92 Å². The quantitative estimate of drug-likeness (QED) is 0.814. The lowest BCUT2D eigenvalue weighted by Crippen LogP contribution is -2.66. The van der Waals surface area contributed by atoms with Gasteiger partial charge in [0, 0.05) is 25.5 Å². The molecule has 2 rings (SSSR count). The van der Waals surface area contributed by atoms with Crippen LogP contribution in [0.4, 0.5) is 11.4 Å². The number of carbonyl (C=O) groups is 1. The molecule has 1 aliphatic rings. The Labute approximate surface area is 120 Å². The molecule has 1 aromatic rings. The minimum absolute atomic E-state index is 0.0775. The Morgan fingerprint density at radius 1 is 1.40 bits per heavy atom. The first kappa shape index (κ1) is 14.7. The van der Waals surface area contributed by atoms with Gasteiger partial charge >= 0.3 is 0 Å². The molecule has 0 aromatic heterocycles. The van der Waals surface area contributed by atoms with Gasteiger partial charge in [0.2, 0.25) is 0 Å². The fourth-order valence-electron chi connectivity index (χ4n) is 2.41. The highest BCUT2D eigenvalue weighted by molar-refractivity contribution is 6.01. The second-order valence-corrected chi connectivity index (χ2v) is 6.09. The lowest BCUT2D eigenvalue weighted by molar-refractivity contribution is -0.110. The molecule has 0 unspecified atom stereocenters. The van der Waals surface area contributed by atoms with Crippen LogP contribution in [0.5, 0.6) is 0 Å². The van der Waals surface area contributed by atoms with Crippen molar-refractivity contribution in [2.24, 2.45) is 5.92 Å². The number of benzene rings is 1. The number of nitrogens with two attached hydrogens (primary N) is 1. The largest absolute Gasteiger partial charge is 0.399 e. The summed E-state index contributed by atoms with van der Waals surface area (Å²) >= 11 is 0. The van der Waals surface area contributed by atoms with E-state index in [4.69, 9.17) is 5.73 Å². The van der Waals surface area contributed by atoms with E-state index in [1.807, 2.05) is 38.9 Å². The molecule has 1 aromatic carbocycles. The van der Waals surface area contributed by atoms with Crippen molar-refractivity contribution < 1.29 is 9.90 Å². The summed E-state index contributed by atoms with van der Waals surface area (Å²) in [5, 5.41) is 10.3. The zero-order valence-electron chi connectivity index (χ0n) is 12.6. The van der Waals surface area contributed by atoms with Crippen molar-refractivity contribution in [1.29, 1.82) is 0 Å². The summed E-state index contributed by atoms with van der Waals surface area (Å²) in [6.07, 6.45) is 0. The zero-order valence-corrected chi connectivity index (χ0v) is 12.6. The number of aliphatic hydroxyl groups is 1. The molecule has 5 heteroatoms. The molecule has 0 bridgehead atoms. The maximum absolute atomic E-state index is 12.5. The lowest BCUT2D eigenvalue weighted by atomic mass is 9.82. The van der Waals surface area contributed by atoms with Crippen molar-refractivity contribution >= 4 is 17.3 Å². The van der Waals surface area contributed by atoms with Crippen LogP contribution < -0.4 is 10.6 Å². The van der Waals surface area contributed by atoms with Gasteiger partial charge in [-0.25, -0.2) is 0 Å². The number of hydrogen-bond donors (Lipinski definition) is 2. The van der Waals surface area contributed by atoms with Gasteiger partial charge < -0.3 is 20.6 Å². The van der Waals surface area contributed by atoms with Gasteiger partial charge in [0.25, 0.3) is 5.91 Å². The number of anilines is 2. The molecule has 0 radical (unpaired) electrons. The number of carbonyl (C=O) groups excluding carboxylic acids is 1. The van der Waals surface area contributed by atoms with Gasteiger partial charge in [-0.05, 0) is 24.1 Å². The fourth-order valence-corrected chi connectivity index (χ4v) is 2.41. The predicted molar refractivity (Wildman–Crippen MR) is 80.9 cm³/mol. The van der Waals surface area contributed by atoms with Crippen LogP contribution in [0.3, 0.4) is 0 Å². The molecule has 5 nitrogen and oxygen atoms in total. The van der Waals surface area contributed by atoms with Gasteiger partial charge in [0.1, 0.15) is 5.60 Å². The number of amides is 1. The van der Waals surface area contributed by atoms with Crippen LogP contribution in [0.1, 0.15) is 24.2 Å². The number of nitrogens with zero attached hydrogens (tertiary/aromatic N) is 2. The minimum Gasteiger partial charge on any atom is -0.399 e. The standard InChI is InChI=1S/C15H23N3O2/c1-10(2)15(20)8-18(9-15)14(19)12-7-11(16)5-6-13(12)17(3)4/h5-7,10,20H,8-9,16H2,1-4H3. The zero-order chi connectivity index (χ0) is 15.1. The van der Waals surface area contributed by atoms with Crippen molar-refractivity contribution in [3.05, 3.63) is 23.8 Å². The first-order valence-corrected chi connectivity index (χ1v) is 6.83. The van der Waals surface area contributed by atoms with Crippen molar-refractivity contribution in [2.45, 2.75) is 19.4 Å². The summed E-state index contributed by atoms with van der Waals surface area (Å²) in [5.41, 5.74) is 7.02. The van der Waals surface area contributed by atoms with Gasteiger partial charge in [-0.3, -0.25) is 4.79 Å². The third-order valence-corrected chi connectivity index (χ3v) is 4.02. The van der Waals surface area contributed by atoms with Crippen molar-refractivity contribution in [3.63, 3.8) is 0 Å². The van der Waals surface area contributed by atoms with Gasteiger partial charge in [-0.1, -0.05) is 13.8 Å². The first-order valence-electron chi connectivity index (χ1n) is 6.83. The number of likely N-dealkylation sites (tertiary alicyclic amines) is 1. The number of nitrogen functional groups attached to an aromatic ring is 1. The molecule has 3 N–H and O–H groups in total. The fraction of sp³-hybridized carbons (Fsp3) is 0.533. The molecule has 1 aliphatic heterocycles. The molecule has 0 atom stereocenters. The highest BCUT2D eigenvalue weighted by Crippen LogP contribution is 2.32. The molecule has 110 valence electrons. The molecule has 1 amide bonds. The van der Waals surface area contributed by atoms with Crippen LogP contribution in [0.15, 0.2) is 18.2 Å². The Bertz CT molecular complexity index is 520. The predicted octanol–water partition coefficient (Wildman–Crippen LogP) is 1.18. The summed E-state index contributed by atoms with van der Waals surface area (Å²) < 4.78 is 0. The minimum atomic E-state index is -0.756. The second-order valence-electron chi connectivity index (χ2n) is 6.09. The molecular weight excluding hydrogens is 254 g/mol. The van der Waals surface area contributed by atoms with E-state index in [1.54, 1.807) is 17.0 Å². The molecule has 0 spiro atoms. The van der Waals surface area contributed by atoms with Gasteiger partial charge in [0.15, 0.2) is 0 Å². The number of rotatable bonds is 3. The Morgan fingerprint density at radius 3 is 2.50 bits per heavy atom. The third kappa shape index (κ3) is 2.45. The van der Waals surface area contributed by atoms with Crippen LogP contribution in [-0.4, -0.2) is 48.7 Å². The topological polar surface area (TPSA) is 69.8 Å². The Hall–Kier alpha value is -1.75. The highest BCUT2D eigenvalue weighted by atomic mass is 16.3. The van der Waals surface area contributed by atoms with Crippen LogP contribution in [-0.2, 0) is 0 Å². The highest BCUT2D eigenvalue weighted by Gasteiger charge is 2.46. The molecule has 1 heterocycles. The Kier molecular flexibility index (Phi) is 3.65. The molecule has 0 aliphatic carbocycles. The van der Waals surface area contributed by atoms with E-state index < -0.39 is 5.60 Å². The summed E-state index contributed by atoms with van der Waals surface area (Å²) in [6, 6.07) is 5.33. The smallest absolute Gasteiger partial charge is 0.256 e. The van der Waals surface area contributed by atoms with Gasteiger partial charge in [-0.2, -0.15) is 0 Å². The van der Waals surface area contributed by atoms with Gasteiger partial charge in [-0.15, -0.1) is 0 Å². The van der Waals surface area contributed by atoms with E-state index in [0.29, 0.717) is 24.3 Å². The first-order chi connectivity index (χ1) is 9.24. The summed E-state index contributed by atoms with van der Waals surface area (Å²) in [6.45, 7) is 4.69. The molecule has 20 heavy (non-hydrogen) atoms. The van der Waals surface area contributed by atoms with E-state index in [-0.39, 0.29) is 11.8 Å². The van der Waals surface area contributed by atoms with E-state index in [9.17, 15) is 9.90 Å². The molecule has 0 saturated carbocycles.